The zero-order valence-corrected chi connectivity index (χ0v) is 12.5. The Labute approximate surface area is 124 Å². The number of nitrogens with one attached hydrogen (secondary N) is 1. The number of phenols is 1. The van der Waals surface area contributed by atoms with E-state index in [1.165, 1.54) is 4.90 Å². The Morgan fingerprint density at radius 3 is 2.43 bits per heavy atom. The molecule has 2 amide bonds. The van der Waals surface area contributed by atoms with Crippen LogP contribution in [0.15, 0.2) is 24.3 Å². The van der Waals surface area contributed by atoms with Crippen LogP contribution >= 0.6 is 0 Å². The summed E-state index contributed by atoms with van der Waals surface area (Å²) in [7, 11) is 0. The molecular weight excluding hydrogens is 270 g/mol. The van der Waals surface area contributed by atoms with Crippen molar-refractivity contribution in [1.29, 1.82) is 0 Å². The van der Waals surface area contributed by atoms with E-state index in [9.17, 15) is 14.7 Å². The minimum Gasteiger partial charge on any atom is -0.508 e. The Bertz CT molecular complexity index is 474. The smallest absolute Gasteiger partial charge is 0.240 e. The molecule has 0 aliphatic rings. The summed E-state index contributed by atoms with van der Waals surface area (Å²) >= 11 is 0. The van der Waals surface area contributed by atoms with Crippen molar-refractivity contribution in [3.63, 3.8) is 0 Å². The zero-order chi connectivity index (χ0) is 15.8. The number of aromatic hydroxyl groups is 1. The van der Waals surface area contributed by atoms with Crippen molar-refractivity contribution in [1.82, 2.24) is 10.2 Å². The molecule has 6 nitrogen and oxygen atoms in total. The van der Waals surface area contributed by atoms with Crippen LogP contribution in [0.25, 0.3) is 0 Å². The first-order valence-corrected chi connectivity index (χ1v) is 7.06. The van der Waals surface area contributed by atoms with Crippen molar-refractivity contribution < 1.29 is 14.7 Å². The van der Waals surface area contributed by atoms with Gasteiger partial charge in [0.2, 0.25) is 11.8 Å². The van der Waals surface area contributed by atoms with Gasteiger partial charge < -0.3 is 21.1 Å². The van der Waals surface area contributed by atoms with Gasteiger partial charge in [-0.15, -0.1) is 0 Å². The topological polar surface area (TPSA) is 95.7 Å². The molecule has 0 aliphatic carbocycles. The lowest BCUT2D eigenvalue weighted by Gasteiger charge is -2.23. The van der Waals surface area contributed by atoms with Crippen LogP contribution in [-0.2, 0) is 16.0 Å². The van der Waals surface area contributed by atoms with E-state index >= 15 is 0 Å². The Balaban J connectivity index is 2.62. The summed E-state index contributed by atoms with van der Waals surface area (Å²) in [6, 6.07) is 5.85. The van der Waals surface area contributed by atoms with E-state index in [-0.39, 0.29) is 24.1 Å². The molecule has 0 fully saturated rings. The number of phenolic OH excluding ortho intramolecular Hbond substituents is 1. The lowest BCUT2D eigenvalue weighted by Crippen LogP contribution is -2.48. The van der Waals surface area contributed by atoms with Gasteiger partial charge in [-0.2, -0.15) is 0 Å². The van der Waals surface area contributed by atoms with E-state index in [4.69, 9.17) is 5.73 Å². The first-order valence-electron chi connectivity index (χ1n) is 7.06. The molecule has 1 aromatic carbocycles. The maximum atomic E-state index is 12.3. The molecule has 1 aromatic rings. The first kappa shape index (κ1) is 17.0. The largest absolute Gasteiger partial charge is 0.508 e. The van der Waals surface area contributed by atoms with Crippen molar-refractivity contribution in [3.05, 3.63) is 29.8 Å². The molecule has 4 N–H and O–H groups in total. The third kappa shape index (κ3) is 5.43. The van der Waals surface area contributed by atoms with Crippen LogP contribution in [0.2, 0.25) is 0 Å². The molecule has 21 heavy (non-hydrogen) atoms. The third-order valence-electron chi connectivity index (χ3n) is 3.11. The zero-order valence-electron chi connectivity index (χ0n) is 12.5. The fraction of sp³-hybridized carbons (Fsp3) is 0.467. The summed E-state index contributed by atoms with van der Waals surface area (Å²) < 4.78 is 0. The molecule has 0 radical (unpaired) electrons. The number of nitrogens with two attached hydrogens (primary N) is 1. The molecule has 6 heteroatoms. The molecule has 116 valence electrons. The molecule has 0 spiro atoms. The number of nitrogens with zero attached hydrogens (tertiary/aromatic N) is 1. The Morgan fingerprint density at radius 1 is 1.29 bits per heavy atom. The first-order chi connectivity index (χ1) is 9.97. The summed E-state index contributed by atoms with van der Waals surface area (Å²) in [5, 5.41) is 11.9. The van der Waals surface area contributed by atoms with Crippen LogP contribution in [0.1, 0.15) is 19.4 Å². The van der Waals surface area contributed by atoms with Crippen LogP contribution in [0.4, 0.5) is 0 Å². The highest BCUT2D eigenvalue weighted by Gasteiger charge is 2.21. The molecule has 0 saturated carbocycles. The molecule has 0 bridgehead atoms. The molecule has 1 atom stereocenters. The Morgan fingerprint density at radius 2 is 1.90 bits per heavy atom. The van der Waals surface area contributed by atoms with Crippen LogP contribution in [0, 0.1) is 0 Å². The number of carbonyl (C=O) groups is 2. The van der Waals surface area contributed by atoms with Gasteiger partial charge in [0.1, 0.15) is 5.75 Å². The second-order valence-electron chi connectivity index (χ2n) is 4.78. The van der Waals surface area contributed by atoms with Crippen LogP contribution in [0.5, 0.6) is 5.75 Å². The molecule has 0 heterocycles. The second kappa shape index (κ2) is 8.26. The molecule has 0 saturated heterocycles. The highest BCUT2D eigenvalue weighted by Crippen LogP contribution is 2.11. The number of amides is 2. The van der Waals surface area contributed by atoms with Crippen LogP contribution in [-0.4, -0.2) is 47.5 Å². The van der Waals surface area contributed by atoms with Gasteiger partial charge in [0.15, 0.2) is 0 Å². The minimum atomic E-state index is -0.705. The fourth-order valence-corrected chi connectivity index (χ4v) is 1.98. The van der Waals surface area contributed by atoms with E-state index in [1.807, 2.05) is 13.8 Å². The molecule has 0 aromatic heterocycles. The lowest BCUT2D eigenvalue weighted by atomic mass is 10.1. The second-order valence-corrected chi connectivity index (χ2v) is 4.78. The third-order valence-corrected chi connectivity index (χ3v) is 3.11. The maximum Gasteiger partial charge on any atom is 0.240 e. The van der Waals surface area contributed by atoms with Gasteiger partial charge in [-0.25, -0.2) is 0 Å². The number of benzene rings is 1. The highest BCUT2D eigenvalue weighted by atomic mass is 16.3. The maximum absolute atomic E-state index is 12.3. The Kier molecular flexibility index (Phi) is 6.68. The van der Waals surface area contributed by atoms with Gasteiger partial charge in [-0.3, -0.25) is 9.59 Å². The number of rotatable bonds is 7. The quantitative estimate of drug-likeness (QED) is 0.671. The van der Waals surface area contributed by atoms with Crippen molar-refractivity contribution >= 4 is 11.8 Å². The van der Waals surface area contributed by atoms with E-state index < -0.39 is 6.04 Å². The average Bonchev–Trinajstić information content (AvgIpc) is 2.46. The normalized spacial score (nSPS) is 11.8. The van der Waals surface area contributed by atoms with Gasteiger partial charge in [0.05, 0.1) is 12.6 Å². The molecule has 0 aliphatic heterocycles. The predicted molar refractivity (Wildman–Crippen MR) is 80.7 cm³/mol. The van der Waals surface area contributed by atoms with Crippen LogP contribution in [0.3, 0.4) is 0 Å². The Hall–Kier alpha value is -2.08. The number of hydrogen-bond donors (Lipinski definition) is 3. The molecule has 0 unspecified atom stereocenters. The van der Waals surface area contributed by atoms with E-state index in [0.717, 1.165) is 5.56 Å². The number of carbonyl (C=O) groups excluding carboxylic acids is 2. The molecular formula is C15H23N3O3. The van der Waals surface area contributed by atoms with Gasteiger partial charge in [0.25, 0.3) is 0 Å². The van der Waals surface area contributed by atoms with Crippen molar-refractivity contribution in [2.45, 2.75) is 26.3 Å². The number of likely N-dealkylation sites (N-methyl/N-ethyl adjacent to an activating group) is 2. The fourth-order valence-electron chi connectivity index (χ4n) is 1.98. The summed E-state index contributed by atoms with van der Waals surface area (Å²) in [5.74, 6) is -0.272. The number of hydrogen-bond acceptors (Lipinski definition) is 4. The van der Waals surface area contributed by atoms with E-state index in [2.05, 4.69) is 5.32 Å². The van der Waals surface area contributed by atoms with Crippen LogP contribution < -0.4 is 11.1 Å². The SMILES string of the molecule is CCNC(=O)CN(CC)C(=O)[C@@H](N)Cc1ccc(O)cc1. The lowest BCUT2D eigenvalue weighted by molar-refractivity contribution is -0.136. The van der Waals surface area contributed by atoms with Crippen molar-refractivity contribution in [2.24, 2.45) is 5.73 Å². The standard InChI is InChI=1S/C15H23N3O3/c1-3-17-14(20)10-18(4-2)15(21)13(16)9-11-5-7-12(19)8-6-11/h5-8,13,19H,3-4,9-10,16H2,1-2H3,(H,17,20)/t13-/m0/s1. The van der Waals surface area contributed by atoms with E-state index in [1.54, 1.807) is 24.3 Å². The monoisotopic (exact) mass is 293 g/mol. The summed E-state index contributed by atoms with van der Waals surface area (Å²) in [4.78, 5) is 25.3. The van der Waals surface area contributed by atoms with Gasteiger partial charge >= 0.3 is 0 Å². The van der Waals surface area contributed by atoms with Gasteiger partial charge in [-0.05, 0) is 38.0 Å². The van der Waals surface area contributed by atoms with E-state index in [0.29, 0.717) is 19.5 Å². The highest BCUT2D eigenvalue weighted by molar-refractivity contribution is 5.87. The molecule has 1 rings (SSSR count). The summed E-state index contributed by atoms with van der Waals surface area (Å²) in [6.45, 7) is 4.62. The van der Waals surface area contributed by atoms with Crippen molar-refractivity contribution in [2.75, 3.05) is 19.6 Å². The summed E-state index contributed by atoms with van der Waals surface area (Å²) in [5.41, 5.74) is 6.79. The minimum absolute atomic E-state index is 0.0203. The predicted octanol–water partition coefficient (Wildman–Crippen LogP) is 0.247. The van der Waals surface area contributed by atoms with Gasteiger partial charge in [-0.1, -0.05) is 12.1 Å². The summed E-state index contributed by atoms with van der Waals surface area (Å²) in [6.07, 6.45) is 0.366. The van der Waals surface area contributed by atoms with Crippen molar-refractivity contribution in [3.8, 4) is 5.75 Å². The average molecular weight is 293 g/mol. The van der Waals surface area contributed by atoms with Gasteiger partial charge in [0, 0.05) is 13.1 Å².